The van der Waals surface area contributed by atoms with Crippen molar-refractivity contribution in [1.29, 1.82) is 0 Å². The lowest BCUT2D eigenvalue weighted by Gasteiger charge is -2.10. The molecule has 1 heterocycles. The quantitative estimate of drug-likeness (QED) is 0.380. The van der Waals surface area contributed by atoms with Crippen molar-refractivity contribution < 1.29 is 0 Å². The van der Waals surface area contributed by atoms with E-state index in [9.17, 15) is 0 Å². The number of rotatable bonds is 5. The fourth-order valence-corrected chi connectivity index (χ4v) is 3.83. The standard InChI is InChI=1S/C22H18ClN3S/c1-16-7-11-18(12-8-16)21-24-25-22(26(21)20-5-3-2-4-6-20)27-15-17-9-13-19(23)14-10-17/h2-14H,15H2,1H3. The minimum Gasteiger partial charge on any atom is -0.270 e. The van der Waals surface area contributed by atoms with Crippen LogP contribution in [-0.4, -0.2) is 14.8 Å². The van der Waals surface area contributed by atoms with Crippen LogP contribution in [0.15, 0.2) is 84.0 Å². The molecule has 0 aliphatic heterocycles. The number of benzene rings is 3. The van der Waals surface area contributed by atoms with Crippen molar-refractivity contribution in [2.45, 2.75) is 17.8 Å². The van der Waals surface area contributed by atoms with Crippen LogP contribution in [0.25, 0.3) is 17.1 Å². The highest BCUT2D eigenvalue weighted by molar-refractivity contribution is 7.98. The monoisotopic (exact) mass is 391 g/mol. The molecule has 0 aliphatic rings. The van der Waals surface area contributed by atoms with Gasteiger partial charge in [-0.3, -0.25) is 4.57 Å². The molecule has 0 saturated heterocycles. The summed E-state index contributed by atoms with van der Waals surface area (Å²) in [5, 5.41) is 10.6. The van der Waals surface area contributed by atoms with Gasteiger partial charge in [-0.1, -0.05) is 83.5 Å². The molecule has 3 aromatic carbocycles. The third-order valence-electron chi connectivity index (χ3n) is 4.24. The van der Waals surface area contributed by atoms with Crippen molar-refractivity contribution in [3.05, 3.63) is 95.0 Å². The van der Waals surface area contributed by atoms with E-state index in [1.165, 1.54) is 11.1 Å². The van der Waals surface area contributed by atoms with E-state index in [2.05, 4.69) is 58.1 Å². The van der Waals surface area contributed by atoms with Gasteiger partial charge < -0.3 is 0 Å². The zero-order chi connectivity index (χ0) is 18.6. The van der Waals surface area contributed by atoms with E-state index < -0.39 is 0 Å². The first-order valence-electron chi connectivity index (χ1n) is 8.66. The number of aryl methyl sites for hydroxylation is 1. The van der Waals surface area contributed by atoms with Gasteiger partial charge in [-0.25, -0.2) is 0 Å². The smallest absolute Gasteiger partial charge is 0.196 e. The molecule has 0 unspecified atom stereocenters. The third-order valence-corrected chi connectivity index (χ3v) is 5.49. The van der Waals surface area contributed by atoms with Crippen LogP contribution >= 0.6 is 23.4 Å². The van der Waals surface area contributed by atoms with E-state index in [-0.39, 0.29) is 0 Å². The van der Waals surface area contributed by atoms with Gasteiger partial charge in [-0.2, -0.15) is 0 Å². The summed E-state index contributed by atoms with van der Waals surface area (Å²) in [6.45, 7) is 2.08. The molecular weight excluding hydrogens is 374 g/mol. The fourth-order valence-electron chi connectivity index (χ4n) is 2.79. The third kappa shape index (κ3) is 4.07. The molecule has 0 aliphatic carbocycles. The summed E-state index contributed by atoms with van der Waals surface area (Å²) in [5.41, 5.74) is 4.53. The molecule has 134 valence electrons. The predicted molar refractivity (Wildman–Crippen MR) is 113 cm³/mol. The first-order chi connectivity index (χ1) is 13.2. The summed E-state index contributed by atoms with van der Waals surface area (Å²) in [6.07, 6.45) is 0. The number of nitrogens with zero attached hydrogens (tertiary/aromatic N) is 3. The molecule has 1 aromatic heterocycles. The highest BCUT2D eigenvalue weighted by Crippen LogP contribution is 2.30. The molecule has 0 N–H and O–H groups in total. The Kier molecular flexibility index (Phi) is 5.28. The zero-order valence-electron chi connectivity index (χ0n) is 14.8. The normalized spacial score (nSPS) is 10.9. The second-order valence-corrected chi connectivity index (χ2v) is 7.64. The first kappa shape index (κ1) is 17.8. The maximum absolute atomic E-state index is 5.98. The molecule has 27 heavy (non-hydrogen) atoms. The number of para-hydroxylation sites is 1. The second-order valence-electron chi connectivity index (χ2n) is 6.26. The zero-order valence-corrected chi connectivity index (χ0v) is 16.4. The second kappa shape index (κ2) is 7.99. The van der Waals surface area contributed by atoms with Gasteiger partial charge in [0, 0.05) is 22.0 Å². The lowest BCUT2D eigenvalue weighted by atomic mass is 10.1. The van der Waals surface area contributed by atoms with Gasteiger partial charge in [0.25, 0.3) is 0 Å². The van der Waals surface area contributed by atoms with Crippen molar-refractivity contribution in [1.82, 2.24) is 14.8 Å². The number of thioether (sulfide) groups is 1. The summed E-state index contributed by atoms with van der Waals surface area (Å²) in [4.78, 5) is 0. The molecule has 0 bridgehead atoms. The molecule has 0 saturated carbocycles. The van der Waals surface area contributed by atoms with Gasteiger partial charge >= 0.3 is 0 Å². The van der Waals surface area contributed by atoms with E-state index in [1.54, 1.807) is 11.8 Å². The van der Waals surface area contributed by atoms with E-state index in [4.69, 9.17) is 11.6 Å². The van der Waals surface area contributed by atoms with Crippen molar-refractivity contribution >= 4 is 23.4 Å². The maximum Gasteiger partial charge on any atom is 0.196 e. The predicted octanol–water partition coefficient (Wildman–Crippen LogP) is 6.19. The van der Waals surface area contributed by atoms with Gasteiger partial charge in [-0.05, 0) is 36.8 Å². The first-order valence-corrected chi connectivity index (χ1v) is 10.0. The number of halogens is 1. The van der Waals surface area contributed by atoms with Crippen LogP contribution in [0.2, 0.25) is 5.02 Å². The maximum atomic E-state index is 5.98. The Bertz CT molecular complexity index is 1030. The van der Waals surface area contributed by atoms with Gasteiger partial charge in [0.05, 0.1) is 0 Å². The van der Waals surface area contributed by atoms with E-state index in [0.29, 0.717) is 0 Å². The van der Waals surface area contributed by atoms with Crippen LogP contribution < -0.4 is 0 Å². The minimum absolute atomic E-state index is 0.748. The van der Waals surface area contributed by atoms with Crippen LogP contribution in [0.5, 0.6) is 0 Å². The molecule has 4 aromatic rings. The summed E-state index contributed by atoms with van der Waals surface area (Å²) in [7, 11) is 0. The molecule has 4 rings (SSSR count). The molecule has 0 atom stereocenters. The van der Waals surface area contributed by atoms with Crippen LogP contribution in [0.1, 0.15) is 11.1 Å². The van der Waals surface area contributed by atoms with Gasteiger partial charge in [0.15, 0.2) is 11.0 Å². The molecular formula is C22H18ClN3S. The molecule has 0 amide bonds. The summed E-state index contributed by atoms with van der Waals surface area (Å²) in [6, 6.07) is 26.5. The van der Waals surface area contributed by atoms with Gasteiger partial charge in [0.2, 0.25) is 0 Å². The Labute approximate surface area is 168 Å². The molecule has 5 heteroatoms. The van der Waals surface area contributed by atoms with E-state index in [0.717, 1.165) is 33.0 Å². The average Bonchev–Trinajstić information content (AvgIpc) is 3.13. The Morgan fingerprint density at radius 3 is 2.26 bits per heavy atom. The largest absolute Gasteiger partial charge is 0.270 e. The Morgan fingerprint density at radius 1 is 0.852 bits per heavy atom. The number of aromatic nitrogens is 3. The van der Waals surface area contributed by atoms with E-state index in [1.807, 2.05) is 42.5 Å². The highest BCUT2D eigenvalue weighted by Gasteiger charge is 2.16. The van der Waals surface area contributed by atoms with Gasteiger partial charge in [-0.15, -0.1) is 10.2 Å². The van der Waals surface area contributed by atoms with Crippen molar-refractivity contribution in [3.8, 4) is 17.1 Å². The van der Waals surface area contributed by atoms with Crippen LogP contribution in [0.4, 0.5) is 0 Å². The number of hydrogen-bond acceptors (Lipinski definition) is 3. The fraction of sp³-hybridized carbons (Fsp3) is 0.0909. The highest BCUT2D eigenvalue weighted by atomic mass is 35.5. The average molecular weight is 392 g/mol. The van der Waals surface area contributed by atoms with Gasteiger partial charge in [0.1, 0.15) is 0 Å². The summed E-state index contributed by atoms with van der Waals surface area (Å²) < 4.78 is 2.12. The Morgan fingerprint density at radius 2 is 1.56 bits per heavy atom. The van der Waals surface area contributed by atoms with Crippen LogP contribution in [-0.2, 0) is 5.75 Å². The molecule has 0 fully saturated rings. The summed E-state index contributed by atoms with van der Waals surface area (Å²) >= 11 is 7.65. The molecule has 0 spiro atoms. The number of hydrogen-bond donors (Lipinski definition) is 0. The Balaban J connectivity index is 1.71. The van der Waals surface area contributed by atoms with Crippen LogP contribution in [0, 0.1) is 6.92 Å². The van der Waals surface area contributed by atoms with Crippen molar-refractivity contribution in [2.24, 2.45) is 0 Å². The van der Waals surface area contributed by atoms with Crippen molar-refractivity contribution in [2.75, 3.05) is 0 Å². The lowest BCUT2D eigenvalue weighted by Crippen LogP contribution is -1.99. The lowest BCUT2D eigenvalue weighted by molar-refractivity contribution is 0.886. The van der Waals surface area contributed by atoms with Crippen molar-refractivity contribution in [3.63, 3.8) is 0 Å². The van der Waals surface area contributed by atoms with Crippen LogP contribution in [0.3, 0.4) is 0 Å². The Hall–Kier alpha value is -2.56. The van der Waals surface area contributed by atoms with E-state index >= 15 is 0 Å². The molecule has 3 nitrogen and oxygen atoms in total. The SMILES string of the molecule is Cc1ccc(-c2nnc(SCc3ccc(Cl)cc3)n2-c2ccccc2)cc1. The summed E-state index contributed by atoms with van der Waals surface area (Å²) in [5.74, 6) is 1.65. The molecule has 0 radical (unpaired) electrons. The minimum atomic E-state index is 0.748. The topological polar surface area (TPSA) is 30.7 Å².